The fourth-order valence-corrected chi connectivity index (χ4v) is 4.45. The SMILES string of the molecule is CC#[Si]OC.CCOC(=O)CC(NCCC/[Si](=C\O[SiH2]C)OC)C(=O)OCC.CO[SiH2]C.CO[SiH2]C. The zero-order valence-corrected chi connectivity index (χ0v) is 30.4. The largest absolute Gasteiger partial charge is 0.556 e. The quantitative estimate of drug-likeness (QED) is 0.153. The van der Waals surface area contributed by atoms with Gasteiger partial charge in [-0.2, -0.15) is 0 Å². The molecule has 0 radical (unpaired) electrons. The summed E-state index contributed by atoms with van der Waals surface area (Å²) in [5.41, 5.74) is 2.82. The van der Waals surface area contributed by atoms with E-state index in [1.165, 1.54) is 0 Å². The third-order valence-electron chi connectivity index (χ3n) is 3.66. The van der Waals surface area contributed by atoms with Crippen molar-refractivity contribution >= 4 is 64.9 Å². The Labute approximate surface area is 230 Å². The maximum absolute atomic E-state index is 11.9. The highest BCUT2D eigenvalue weighted by Gasteiger charge is 2.23. The third kappa shape index (κ3) is 37.5. The highest BCUT2D eigenvalue weighted by atomic mass is 28.3. The van der Waals surface area contributed by atoms with Crippen molar-refractivity contribution in [1.29, 1.82) is 0 Å². The summed E-state index contributed by atoms with van der Waals surface area (Å²) in [6.07, 6.45) is 0.803. The molecule has 1 atom stereocenters. The second kappa shape index (κ2) is 38.5. The van der Waals surface area contributed by atoms with E-state index in [-0.39, 0.29) is 32.6 Å². The lowest BCUT2D eigenvalue weighted by Gasteiger charge is -2.16. The Kier molecular flexibility index (Phi) is 45.0. The molecule has 0 aliphatic rings. The van der Waals surface area contributed by atoms with Crippen molar-refractivity contribution in [2.75, 3.05) is 48.2 Å². The first-order chi connectivity index (χ1) is 17.3. The van der Waals surface area contributed by atoms with E-state index in [0.717, 1.165) is 12.5 Å². The molecule has 214 valence electrons. The molecule has 36 heavy (non-hydrogen) atoms. The number of hydrogen-bond donors (Lipinski definition) is 1. The highest BCUT2D eigenvalue weighted by Crippen LogP contribution is 2.01. The zero-order chi connectivity index (χ0) is 28.5. The van der Waals surface area contributed by atoms with Crippen LogP contribution in [0.25, 0.3) is 0 Å². The molecule has 10 nitrogen and oxygen atoms in total. The number of rotatable bonds is 15. The standard InChI is InChI=1S/C14H29NO6Si2.C3H6OSi.2C2H8OSi/c1-5-19-13(16)10-12(14(17)20-6-2)15-8-7-9-23(18-3)11-21-22-4;1-3-5-4-2;2*1-3-4-2/h11-12,15H,5-10,22H2,1-4H3;1-2H3;2*4H2,1-2H3/b23-11+;;;. The van der Waals surface area contributed by atoms with Gasteiger partial charge in [0, 0.05) is 14.2 Å². The van der Waals surface area contributed by atoms with Gasteiger partial charge in [0.1, 0.15) is 6.04 Å². The van der Waals surface area contributed by atoms with E-state index < -0.39 is 36.4 Å². The molecule has 0 aliphatic carbocycles. The van der Waals surface area contributed by atoms with Gasteiger partial charge in [0.2, 0.25) is 19.0 Å². The topological polar surface area (TPSA) is 111 Å². The molecule has 0 aliphatic heterocycles. The molecule has 0 bridgehead atoms. The summed E-state index contributed by atoms with van der Waals surface area (Å²) in [6, 6.07) is 0.202. The van der Waals surface area contributed by atoms with E-state index in [0.29, 0.717) is 22.4 Å². The molecule has 15 heteroatoms. The lowest BCUT2D eigenvalue weighted by molar-refractivity contribution is -0.152. The molecule has 0 aromatic rings. The number of hydrogen-bond acceptors (Lipinski definition) is 10. The van der Waals surface area contributed by atoms with E-state index in [1.807, 2.05) is 12.8 Å². The molecule has 0 saturated heterocycles. The molecule has 0 heterocycles. The Morgan fingerprint density at radius 2 is 1.56 bits per heavy atom. The van der Waals surface area contributed by atoms with Crippen molar-refractivity contribution in [2.24, 2.45) is 0 Å². The first kappa shape index (κ1) is 42.1. The van der Waals surface area contributed by atoms with Crippen LogP contribution in [0.2, 0.25) is 25.7 Å². The summed E-state index contributed by atoms with van der Waals surface area (Å²) in [5, 5.41) is 3.07. The number of nitrogens with one attached hydrogen (secondary N) is 1. The van der Waals surface area contributed by atoms with Crippen molar-refractivity contribution in [3.05, 3.63) is 0 Å². The minimum atomic E-state index is -1.07. The van der Waals surface area contributed by atoms with Gasteiger partial charge in [0.15, 0.2) is 19.5 Å². The van der Waals surface area contributed by atoms with Crippen LogP contribution < -0.4 is 5.32 Å². The van der Waals surface area contributed by atoms with Crippen LogP contribution in [-0.4, -0.2) is 119 Å². The first-order valence-electron chi connectivity index (χ1n) is 12.2. The van der Waals surface area contributed by atoms with E-state index >= 15 is 0 Å². The minimum absolute atomic E-state index is 0.0224. The number of carbonyl (C=O) groups excluding carboxylic acids is 2. The minimum Gasteiger partial charge on any atom is -0.556 e. The van der Waals surface area contributed by atoms with E-state index in [1.54, 1.807) is 42.3 Å². The smallest absolute Gasteiger partial charge is 0.323 e. The summed E-state index contributed by atoms with van der Waals surface area (Å²) < 4.78 is 34.6. The predicted molar refractivity (Wildman–Crippen MR) is 159 cm³/mol. The van der Waals surface area contributed by atoms with Gasteiger partial charge in [-0.3, -0.25) is 9.59 Å². The van der Waals surface area contributed by atoms with Crippen LogP contribution in [0.4, 0.5) is 0 Å². The number of ether oxygens (including phenoxy) is 2. The van der Waals surface area contributed by atoms with E-state index in [2.05, 4.69) is 43.7 Å². The Morgan fingerprint density at radius 3 is 1.92 bits per heavy atom. The molecule has 0 amide bonds. The molecule has 0 fully saturated rings. The monoisotopic (exact) mass is 601 g/mol. The Morgan fingerprint density at radius 1 is 1.00 bits per heavy atom. The average Bonchev–Trinajstić information content (AvgIpc) is 2.89. The molecule has 1 N–H and O–H groups in total. The lowest BCUT2D eigenvalue weighted by atomic mass is 10.2. The molecule has 0 rings (SSSR count). The van der Waals surface area contributed by atoms with Crippen molar-refractivity contribution in [3.63, 3.8) is 0 Å². The highest BCUT2D eigenvalue weighted by molar-refractivity contribution is 6.60. The summed E-state index contributed by atoms with van der Waals surface area (Å²) >= 11 is 0. The first-order valence-corrected chi connectivity index (χ1v) is 20.7. The molecule has 0 aromatic heterocycles. The van der Waals surface area contributed by atoms with Gasteiger partial charge < -0.3 is 36.9 Å². The molecule has 1 unspecified atom stereocenters. The van der Waals surface area contributed by atoms with Crippen LogP contribution in [0.1, 0.15) is 33.6 Å². The van der Waals surface area contributed by atoms with Crippen molar-refractivity contribution in [2.45, 2.75) is 65.3 Å². The Hall–Kier alpha value is -1.05. The summed E-state index contributed by atoms with van der Waals surface area (Å²) in [6.45, 7) is 12.7. The zero-order valence-electron chi connectivity index (χ0n) is 24.2. The van der Waals surface area contributed by atoms with Crippen molar-refractivity contribution < 1.29 is 41.2 Å². The van der Waals surface area contributed by atoms with Crippen LogP contribution in [0.3, 0.4) is 0 Å². The van der Waals surface area contributed by atoms with E-state index in [4.69, 9.17) is 18.3 Å². The van der Waals surface area contributed by atoms with Crippen LogP contribution in [0, 0.1) is 5.50 Å². The molecule has 0 saturated carbocycles. The Bertz CT molecular complexity index is 568. The second-order valence-electron chi connectivity index (χ2n) is 6.33. The van der Waals surface area contributed by atoms with Gasteiger partial charge in [0.05, 0.1) is 39.7 Å². The third-order valence-corrected chi connectivity index (χ3v) is 7.86. The second-order valence-corrected chi connectivity index (χ2v) is 12.7. The van der Waals surface area contributed by atoms with Crippen LogP contribution in [0.15, 0.2) is 0 Å². The van der Waals surface area contributed by atoms with Crippen LogP contribution in [0.5, 0.6) is 0 Å². The van der Waals surface area contributed by atoms with Gasteiger partial charge in [-0.15, -0.1) is 5.50 Å². The summed E-state index contributed by atoms with van der Waals surface area (Å²) in [4.78, 5) is 23.4. The fraction of sp³-hybridized carbons (Fsp3) is 0.810. The van der Waals surface area contributed by atoms with Crippen LogP contribution in [-0.2, 0) is 41.2 Å². The molecule has 0 aromatic carbocycles. The van der Waals surface area contributed by atoms with Gasteiger partial charge >= 0.3 is 11.9 Å². The lowest BCUT2D eigenvalue weighted by Crippen LogP contribution is -2.40. The molecular weight excluding hydrogens is 551 g/mol. The predicted octanol–water partition coefficient (Wildman–Crippen LogP) is -0.261. The molecular formula is C21H51NO9Si5. The fourth-order valence-electron chi connectivity index (χ4n) is 1.89. The summed E-state index contributed by atoms with van der Waals surface area (Å²) in [7, 11) is 5.61. The maximum atomic E-state index is 11.9. The van der Waals surface area contributed by atoms with Gasteiger partial charge in [-0.25, -0.2) is 0 Å². The van der Waals surface area contributed by atoms with Crippen LogP contribution >= 0.6 is 0 Å². The number of carbonyl (C=O) groups is 2. The van der Waals surface area contributed by atoms with E-state index in [9.17, 15) is 9.59 Å². The summed E-state index contributed by atoms with van der Waals surface area (Å²) in [5.74, 6) is 0.997. The van der Waals surface area contributed by atoms with Crippen molar-refractivity contribution in [1.82, 2.24) is 5.32 Å². The van der Waals surface area contributed by atoms with Gasteiger partial charge in [0.25, 0.3) is 8.65 Å². The Balaban J connectivity index is -0.000000321. The normalized spacial score (nSPS) is 11.2. The van der Waals surface area contributed by atoms with Gasteiger partial charge in [-0.1, -0.05) is 13.1 Å². The average molecular weight is 602 g/mol. The molecule has 0 spiro atoms. The maximum Gasteiger partial charge on any atom is 0.323 e. The van der Waals surface area contributed by atoms with Gasteiger partial charge in [-0.05, 0) is 46.3 Å². The number of esters is 2. The van der Waals surface area contributed by atoms with Crippen molar-refractivity contribution in [3.8, 4) is 5.50 Å².